The first-order chi connectivity index (χ1) is 6.79. The van der Waals surface area contributed by atoms with Gasteiger partial charge in [-0.25, -0.2) is 0 Å². The van der Waals surface area contributed by atoms with E-state index in [-0.39, 0.29) is 0 Å². The van der Waals surface area contributed by atoms with Gasteiger partial charge in [0.05, 0.1) is 16.4 Å². The van der Waals surface area contributed by atoms with E-state index in [0.717, 1.165) is 22.9 Å². The fourth-order valence-electron chi connectivity index (χ4n) is 2.09. The summed E-state index contributed by atoms with van der Waals surface area (Å²) >= 11 is 6.17. The molecule has 1 fully saturated rings. The van der Waals surface area contributed by atoms with Gasteiger partial charge < -0.3 is 10.6 Å². The summed E-state index contributed by atoms with van der Waals surface area (Å²) < 4.78 is 0. The molecule has 0 aromatic heterocycles. The van der Waals surface area contributed by atoms with E-state index in [4.69, 9.17) is 11.6 Å². The quantitative estimate of drug-likeness (QED) is 0.685. The molecule has 14 heavy (non-hydrogen) atoms. The van der Waals surface area contributed by atoms with Crippen LogP contribution in [0.4, 0.5) is 11.4 Å². The Labute approximate surface area is 88.6 Å². The minimum atomic E-state index is 0.350. The van der Waals surface area contributed by atoms with Gasteiger partial charge in [0.25, 0.3) is 0 Å². The Morgan fingerprint density at radius 2 is 2.07 bits per heavy atom. The normalized spacial score (nSPS) is 21.8. The zero-order chi connectivity index (χ0) is 9.60. The second-order valence-electron chi connectivity index (χ2n) is 4.24. The molecule has 3 rings (SSSR count). The fraction of sp³-hybridized carbons (Fsp3) is 0.455. The third-order valence-corrected chi connectivity index (χ3v) is 3.49. The average Bonchev–Trinajstić information content (AvgIpc) is 2.94. The van der Waals surface area contributed by atoms with Gasteiger partial charge in [-0.3, -0.25) is 0 Å². The molecule has 2 aliphatic rings. The Balaban J connectivity index is 2.04. The lowest BCUT2D eigenvalue weighted by molar-refractivity contribution is 0.687. The van der Waals surface area contributed by atoms with Gasteiger partial charge in [0.2, 0.25) is 0 Å². The highest BCUT2D eigenvalue weighted by Gasteiger charge is 2.43. The Morgan fingerprint density at radius 3 is 2.86 bits per heavy atom. The van der Waals surface area contributed by atoms with Crippen LogP contribution in [0.5, 0.6) is 0 Å². The molecule has 0 saturated heterocycles. The monoisotopic (exact) mass is 208 g/mol. The first-order valence-corrected chi connectivity index (χ1v) is 5.48. The molecule has 2 nitrogen and oxygen atoms in total. The van der Waals surface area contributed by atoms with Gasteiger partial charge in [0.15, 0.2) is 0 Å². The first kappa shape index (κ1) is 8.42. The summed E-state index contributed by atoms with van der Waals surface area (Å²) in [6, 6.07) is 6.01. The molecule has 2 N–H and O–H groups in total. The van der Waals surface area contributed by atoms with E-state index in [1.54, 1.807) is 0 Å². The standard InChI is InChI=1S/C11H13ClN2/c12-8-2-1-3-9-10(8)14-11(4-5-11)6-7-13-9/h1-3,13-14H,4-7H2. The molecule has 1 aromatic carbocycles. The van der Waals surface area contributed by atoms with Crippen molar-refractivity contribution in [2.75, 3.05) is 17.2 Å². The van der Waals surface area contributed by atoms with Crippen molar-refractivity contribution >= 4 is 23.0 Å². The second-order valence-corrected chi connectivity index (χ2v) is 4.65. The molecule has 0 bridgehead atoms. The smallest absolute Gasteiger partial charge is 0.0769 e. The molecule has 74 valence electrons. The van der Waals surface area contributed by atoms with E-state index in [9.17, 15) is 0 Å². The molecule has 0 atom stereocenters. The maximum absolute atomic E-state index is 6.17. The van der Waals surface area contributed by atoms with Gasteiger partial charge in [-0.15, -0.1) is 0 Å². The Bertz CT molecular complexity index is 372. The Hall–Kier alpha value is -0.890. The number of hydrogen-bond donors (Lipinski definition) is 2. The van der Waals surface area contributed by atoms with Crippen LogP contribution in [0.3, 0.4) is 0 Å². The molecule has 1 spiro atoms. The summed E-state index contributed by atoms with van der Waals surface area (Å²) in [5.74, 6) is 0. The number of nitrogens with one attached hydrogen (secondary N) is 2. The van der Waals surface area contributed by atoms with E-state index < -0.39 is 0 Å². The highest BCUT2D eigenvalue weighted by molar-refractivity contribution is 6.34. The summed E-state index contributed by atoms with van der Waals surface area (Å²) in [6.07, 6.45) is 3.75. The summed E-state index contributed by atoms with van der Waals surface area (Å²) in [5.41, 5.74) is 2.58. The van der Waals surface area contributed by atoms with Crippen molar-refractivity contribution in [3.8, 4) is 0 Å². The van der Waals surface area contributed by atoms with Gasteiger partial charge >= 0.3 is 0 Å². The summed E-state index contributed by atoms with van der Waals surface area (Å²) in [6.45, 7) is 1.04. The minimum absolute atomic E-state index is 0.350. The highest BCUT2D eigenvalue weighted by Crippen LogP contribution is 2.46. The molecule has 1 aromatic rings. The predicted molar refractivity (Wildman–Crippen MR) is 60.1 cm³/mol. The van der Waals surface area contributed by atoms with Crippen LogP contribution >= 0.6 is 11.6 Å². The number of hydrogen-bond acceptors (Lipinski definition) is 2. The van der Waals surface area contributed by atoms with Crippen LogP contribution in [-0.2, 0) is 0 Å². The maximum Gasteiger partial charge on any atom is 0.0769 e. The lowest BCUT2D eigenvalue weighted by Gasteiger charge is -2.16. The maximum atomic E-state index is 6.17. The zero-order valence-corrected chi connectivity index (χ0v) is 8.69. The van der Waals surface area contributed by atoms with Crippen LogP contribution in [0.2, 0.25) is 5.02 Å². The van der Waals surface area contributed by atoms with Gasteiger partial charge in [-0.2, -0.15) is 0 Å². The Kier molecular flexibility index (Phi) is 1.68. The van der Waals surface area contributed by atoms with E-state index >= 15 is 0 Å². The molecule has 0 unspecified atom stereocenters. The third-order valence-electron chi connectivity index (χ3n) is 3.18. The van der Waals surface area contributed by atoms with E-state index in [0.29, 0.717) is 5.54 Å². The SMILES string of the molecule is Clc1cccc2c1NC1(CCN2)CC1. The van der Waals surface area contributed by atoms with Crippen LogP contribution in [0, 0.1) is 0 Å². The van der Waals surface area contributed by atoms with Crippen LogP contribution in [0.25, 0.3) is 0 Å². The van der Waals surface area contributed by atoms with Crippen LogP contribution in [0.1, 0.15) is 19.3 Å². The van der Waals surface area contributed by atoms with Crippen LogP contribution in [-0.4, -0.2) is 12.1 Å². The summed E-state index contributed by atoms with van der Waals surface area (Å²) in [4.78, 5) is 0. The molecule has 1 saturated carbocycles. The lowest BCUT2D eigenvalue weighted by Crippen LogP contribution is -2.21. The number of benzene rings is 1. The van der Waals surface area contributed by atoms with Crippen LogP contribution < -0.4 is 10.6 Å². The summed E-state index contributed by atoms with van der Waals surface area (Å²) in [7, 11) is 0. The Morgan fingerprint density at radius 1 is 1.21 bits per heavy atom. The topological polar surface area (TPSA) is 24.1 Å². The van der Waals surface area contributed by atoms with Crippen molar-refractivity contribution in [1.29, 1.82) is 0 Å². The van der Waals surface area contributed by atoms with E-state index in [2.05, 4.69) is 16.7 Å². The molecular formula is C11H13ClN2. The van der Waals surface area contributed by atoms with Crippen molar-refractivity contribution in [2.45, 2.75) is 24.8 Å². The molecule has 1 aliphatic heterocycles. The van der Waals surface area contributed by atoms with Gasteiger partial charge in [0.1, 0.15) is 0 Å². The number of fused-ring (bicyclic) bond motifs is 1. The number of halogens is 1. The minimum Gasteiger partial charge on any atom is -0.383 e. The molecule has 3 heteroatoms. The first-order valence-electron chi connectivity index (χ1n) is 5.10. The largest absolute Gasteiger partial charge is 0.383 e. The molecule has 1 heterocycles. The van der Waals surface area contributed by atoms with Crippen LogP contribution in [0.15, 0.2) is 18.2 Å². The van der Waals surface area contributed by atoms with Crippen molar-refractivity contribution in [3.63, 3.8) is 0 Å². The van der Waals surface area contributed by atoms with Crippen molar-refractivity contribution in [2.24, 2.45) is 0 Å². The number of para-hydroxylation sites is 1. The fourth-order valence-corrected chi connectivity index (χ4v) is 2.31. The van der Waals surface area contributed by atoms with Gasteiger partial charge in [-0.05, 0) is 31.4 Å². The van der Waals surface area contributed by atoms with Gasteiger partial charge in [-0.1, -0.05) is 17.7 Å². The van der Waals surface area contributed by atoms with Crippen molar-refractivity contribution in [1.82, 2.24) is 0 Å². The predicted octanol–water partition coefficient (Wildman–Crippen LogP) is 3.10. The van der Waals surface area contributed by atoms with Crippen molar-refractivity contribution in [3.05, 3.63) is 23.2 Å². The van der Waals surface area contributed by atoms with Crippen molar-refractivity contribution < 1.29 is 0 Å². The van der Waals surface area contributed by atoms with E-state index in [1.807, 2.05) is 12.1 Å². The zero-order valence-electron chi connectivity index (χ0n) is 7.94. The third kappa shape index (κ3) is 1.25. The molecular weight excluding hydrogens is 196 g/mol. The second kappa shape index (κ2) is 2.80. The molecule has 0 radical (unpaired) electrons. The van der Waals surface area contributed by atoms with E-state index in [1.165, 1.54) is 19.3 Å². The molecule has 0 amide bonds. The average molecular weight is 209 g/mol. The number of anilines is 2. The summed E-state index contributed by atoms with van der Waals surface area (Å²) in [5, 5.41) is 7.82. The molecule has 1 aliphatic carbocycles. The lowest BCUT2D eigenvalue weighted by atomic mass is 10.2. The van der Waals surface area contributed by atoms with Gasteiger partial charge in [0, 0.05) is 12.1 Å². The number of rotatable bonds is 0. The highest BCUT2D eigenvalue weighted by atomic mass is 35.5.